The van der Waals surface area contributed by atoms with Gasteiger partial charge in [0.2, 0.25) is 0 Å². The highest BCUT2D eigenvalue weighted by atomic mass is 35.5. The molecule has 0 atom stereocenters. The predicted octanol–water partition coefficient (Wildman–Crippen LogP) is 2.85. The molecule has 0 aliphatic heterocycles. The van der Waals surface area contributed by atoms with Gasteiger partial charge in [0, 0.05) is 26.0 Å². The highest BCUT2D eigenvalue weighted by Gasteiger charge is 2.04. The number of anilines is 1. The Bertz CT molecular complexity index is 473. The third-order valence-corrected chi connectivity index (χ3v) is 2.76. The monoisotopic (exact) mass is 247 g/mol. The van der Waals surface area contributed by atoms with Crippen molar-refractivity contribution in [2.24, 2.45) is 0 Å². The van der Waals surface area contributed by atoms with E-state index in [1.165, 1.54) is 5.56 Å². The van der Waals surface area contributed by atoms with Crippen molar-refractivity contribution in [1.82, 2.24) is 9.97 Å². The smallest absolute Gasteiger partial charge is 0.128 e. The molecule has 0 aromatic carbocycles. The lowest BCUT2D eigenvalue weighted by Crippen LogP contribution is -2.17. The van der Waals surface area contributed by atoms with Gasteiger partial charge in [0.1, 0.15) is 5.82 Å². The fourth-order valence-corrected chi connectivity index (χ4v) is 1.75. The van der Waals surface area contributed by atoms with Gasteiger partial charge in [0.05, 0.1) is 11.6 Å². The van der Waals surface area contributed by atoms with Crippen molar-refractivity contribution in [3.05, 3.63) is 54.0 Å². The Hall–Kier alpha value is -1.61. The van der Waals surface area contributed by atoms with E-state index >= 15 is 0 Å². The van der Waals surface area contributed by atoms with Crippen LogP contribution in [-0.2, 0) is 12.4 Å². The minimum absolute atomic E-state index is 0.441. The molecule has 0 radical (unpaired) electrons. The summed E-state index contributed by atoms with van der Waals surface area (Å²) in [7, 11) is 2.01. The molecule has 0 aliphatic carbocycles. The maximum Gasteiger partial charge on any atom is 0.128 e. The number of rotatable bonds is 4. The Labute approximate surface area is 106 Å². The molecule has 0 aliphatic rings. The van der Waals surface area contributed by atoms with E-state index in [1.807, 2.05) is 37.4 Å². The number of halogens is 1. The van der Waals surface area contributed by atoms with E-state index in [1.54, 1.807) is 12.4 Å². The molecule has 0 unspecified atom stereocenters. The summed E-state index contributed by atoms with van der Waals surface area (Å²) in [6.07, 6.45) is 3.59. The molecule has 2 aromatic heterocycles. The van der Waals surface area contributed by atoms with Gasteiger partial charge in [-0.15, -0.1) is 11.6 Å². The Morgan fingerprint density at radius 2 is 1.94 bits per heavy atom. The summed E-state index contributed by atoms with van der Waals surface area (Å²) in [5, 5.41) is 0. The van der Waals surface area contributed by atoms with Crippen LogP contribution in [0.15, 0.2) is 42.7 Å². The number of hydrogen-bond donors (Lipinski definition) is 0. The highest BCUT2D eigenvalue weighted by molar-refractivity contribution is 6.16. The molecule has 0 spiro atoms. The molecule has 2 aromatic rings. The maximum atomic E-state index is 5.77. The average molecular weight is 248 g/mol. The van der Waals surface area contributed by atoms with Gasteiger partial charge >= 0.3 is 0 Å². The Morgan fingerprint density at radius 1 is 1.18 bits per heavy atom. The third kappa shape index (κ3) is 3.17. The molecular weight excluding hydrogens is 234 g/mol. The van der Waals surface area contributed by atoms with Gasteiger partial charge in [0.15, 0.2) is 0 Å². The van der Waals surface area contributed by atoms with Crippen molar-refractivity contribution >= 4 is 17.4 Å². The van der Waals surface area contributed by atoms with Crippen molar-refractivity contribution < 1.29 is 0 Å². The topological polar surface area (TPSA) is 29.0 Å². The van der Waals surface area contributed by atoms with Crippen molar-refractivity contribution in [2.45, 2.75) is 12.4 Å². The molecule has 17 heavy (non-hydrogen) atoms. The highest BCUT2D eigenvalue weighted by Crippen LogP contribution is 2.13. The number of hydrogen-bond acceptors (Lipinski definition) is 3. The first-order chi connectivity index (χ1) is 8.29. The summed E-state index contributed by atoms with van der Waals surface area (Å²) < 4.78 is 0. The molecule has 0 N–H and O–H groups in total. The van der Waals surface area contributed by atoms with Crippen LogP contribution in [0.2, 0.25) is 0 Å². The zero-order valence-electron chi connectivity index (χ0n) is 9.68. The van der Waals surface area contributed by atoms with Gasteiger partial charge in [-0.1, -0.05) is 6.07 Å². The van der Waals surface area contributed by atoms with E-state index in [4.69, 9.17) is 11.6 Å². The van der Waals surface area contributed by atoms with Gasteiger partial charge in [-0.2, -0.15) is 0 Å². The van der Waals surface area contributed by atoms with Crippen molar-refractivity contribution in [2.75, 3.05) is 11.9 Å². The number of pyridine rings is 2. The first-order valence-corrected chi connectivity index (χ1v) is 5.95. The molecule has 0 saturated carbocycles. The van der Waals surface area contributed by atoms with Crippen molar-refractivity contribution in [1.29, 1.82) is 0 Å². The van der Waals surface area contributed by atoms with Crippen LogP contribution in [0.4, 0.5) is 5.82 Å². The van der Waals surface area contributed by atoms with Crippen molar-refractivity contribution in [3.8, 4) is 0 Å². The summed E-state index contributed by atoms with van der Waals surface area (Å²) in [6.45, 7) is 0.807. The second-order valence-corrected chi connectivity index (χ2v) is 4.10. The van der Waals surface area contributed by atoms with Gasteiger partial charge in [-0.05, 0) is 29.8 Å². The maximum absolute atomic E-state index is 5.77. The molecule has 2 rings (SSSR count). The lowest BCUT2D eigenvalue weighted by atomic mass is 10.2. The van der Waals surface area contributed by atoms with E-state index in [9.17, 15) is 0 Å². The quantitative estimate of drug-likeness (QED) is 0.778. The van der Waals surface area contributed by atoms with Crippen LogP contribution in [0, 0.1) is 0 Å². The van der Waals surface area contributed by atoms with E-state index < -0.39 is 0 Å². The Kier molecular flexibility index (Phi) is 3.94. The summed E-state index contributed by atoms with van der Waals surface area (Å²) in [6, 6.07) is 9.89. The molecule has 4 heteroatoms. The zero-order valence-corrected chi connectivity index (χ0v) is 10.4. The van der Waals surface area contributed by atoms with E-state index in [2.05, 4.69) is 14.9 Å². The van der Waals surface area contributed by atoms with Crippen molar-refractivity contribution in [3.63, 3.8) is 0 Å². The van der Waals surface area contributed by atoms with E-state index in [0.29, 0.717) is 5.88 Å². The van der Waals surface area contributed by atoms with Crippen LogP contribution in [0.5, 0.6) is 0 Å². The molecule has 88 valence electrons. The normalized spacial score (nSPS) is 10.2. The van der Waals surface area contributed by atoms with Crippen LogP contribution in [-0.4, -0.2) is 17.0 Å². The van der Waals surface area contributed by atoms with E-state index in [0.717, 1.165) is 18.1 Å². The average Bonchev–Trinajstić information content (AvgIpc) is 2.40. The predicted molar refractivity (Wildman–Crippen MR) is 70.1 cm³/mol. The van der Waals surface area contributed by atoms with E-state index in [-0.39, 0.29) is 0 Å². The van der Waals surface area contributed by atoms with Gasteiger partial charge in [-0.25, -0.2) is 4.98 Å². The zero-order chi connectivity index (χ0) is 12.1. The summed E-state index contributed by atoms with van der Waals surface area (Å²) in [4.78, 5) is 10.6. The SMILES string of the molecule is CN(Cc1ccncc1)c1cccc(CCl)n1. The van der Waals surface area contributed by atoms with Gasteiger partial charge in [-0.3, -0.25) is 4.98 Å². The number of nitrogens with zero attached hydrogens (tertiary/aromatic N) is 3. The van der Waals surface area contributed by atoms with Crippen LogP contribution in [0.3, 0.4) is 0 Å². The third-order valence-electron chi connectivity index (χ3n) is 2.49. The summed E-state index contributed by atoms with van der Waals surface area (Å²) in [5.41, 5.74) is 2.10. The Balaban J connectivity index is 2.11. The molecule has 0 fully saturated rings. The second-order valence-electron chi connectivity index (χ2n) is 3.83. The standard InChI is InChI=1S/C13H14ClN3/c1-17(10-11-5-7-15-8-6-11)13-4-2-3-12(9-14)16-13/h2-8H,9-10H2,1H3. The first kappa shape index (κ1) is 11.9. The van der Waals surface area contributed by atoms with Crippen LogP contribution < -0.4 is 4.90 Å². The largest absolute Gasteiger partial charge is 0.355 e. The minimum atomic E-state index is 0.441. The Morgan fingerprint density at radius 3 is 2.65 bits per heavy atom. The molecule has 3 nitrogen and oxygen atoms in total. The van der Waals surface area contributed by atoms with Crippen LogP contribution in [0.25, 0.3) is 0 Å². The van der Waals surface area contributed by atoms with Crippen LogP contribution >= 0.6 is 11.6 Å². The fourth-order valence-electron chi connectivity index (χ4n) is 1.60. The molecule has 0 amide bonds. The molecule has 2 heterocycles. The molecule has 0 bridgehead atoms. The molecular formula is C13H14ClN3. The first-order valence-electron chi connectivity index (χ1n) is 5.41. The lowest BCUT2D eigenvalue weighted by Gasteiger charge is -2.18. The summed E-state index contributed by atoms with van der Waals surface area (Å²) in [5.74, 6) is 1.37. The van der Waals surface area contributed by atoms with Gasteiger partial charge < -0.3 is 4.90 Å². The van der Waals surface area contributed by atoms with Gasteiger partial charge in [0.25, 0.3) is 0 Å². The number of alkyl halides is 1. The number of aromatic nitrogens is 2. The fraction of sp³-hybridized carbons (Fsp3) is 0.231. The minimum Gasteiger partial charge on any atom is -0.355 e. The second kappa shape index (κ2) is 5.64. The summed E-state index contributed by atoms with van der Waals surface area (Å²) >= 11 is 5.77. The van der Waals surface area contributed by atoms with Crippen LogP contribution in [0.1, 0.15) is 11.3 Å². The lowest BCUT2D eigenvalue weighted by molar-refractivity contribution is 0.888. The molecule has 0 saturated heterocycles.